The van der Waals surface area contributed by atoms with Crippen molar-refractivity contribution in [1.29, 1.82) is 0 Å². The van der Waals surface area contributed by atoms with Gasteiger partial charge in [-0.1, -0.05) is 33.1 Å². The van der Waals surface area contributed by atoms with Crippen LogP contribution < -0.4 is 0 Å². The van der Waals surface area contributed by atoms with Gasteiger partial charge in [-0.05, 0) is 32.3 Å². The van der Waals surface area contributed by atoms with E-state index in [9.17, 15) is 4.79 Å². The molecule has 0 amide bonds. The van der Waals surface area contributed by atoms with Crippen molar-refractivity contribution in [3.8, 4) is 0 Å². The SMILES string of the molecule is CCCCC(CC)Cn1c(C)cc(C(=O)O)c1C. The van der Waals surface area contributed by atoms with E-state index in [1.54, 1.807) is 6.07 Å². The van der Waals surface area contributed by atoms with Crippen LogP contribution in [-0.2, 0) is 6.54 Å². The van der Waals surface area contributed by atoms with Gasteiger partial charge in [0.15, 0.2) is 0 Å². The maximum atomic E-state index is 11.1. The lowest BCUT2D eigenvalue weighted by Crippen LogP contribution is -2.13. The van der Waals surface area contributed by atoms with Gasteiger partial charge in [0.25, 0.3) is 0 Å². The highest BCUT2D eigenvalue weighted by molar-refractivity contribution is 5.89. The first kappa shape index (κ1) is 14.8. The zero-order valence-electron chi connectivity index (χ0n) is 12.0. The van der Waals surface area contributed by atoms with E-state index in [4.69, 9.17) is 5.11 Å². The van der Waals surface area contributed by atoms with Gasteiger partial charge in [-0.15, -0.1) is 0 Å². The normalized spacial score (nSPS) is 12.7. The third kappa shape index (κ3) is 3.37. The smallest absolute Gasteiger partial charge is 0.337 e. The quantitative estimate of drug-likeness (QED) is 0.795. The maximum absolute atomic E-state index is 11.1. The molecule has 1 aromatic heterocycles. The minimum atomic E-state index is -0.823. The molecule has 3 nitrogen and oxygen atoms in total. The highest BCUT2D eigenvalue weighted by Gasteiger charge is 2.16. The van der Waals surface area contributed by atoms with Gasteiger partial charge in [0.05, 0.1) is 5.56 Å². The van der Waals surface area contributed by atoms with Crippen LogP contribution >= 0.6 is 0 Å². The third-order valence-corrected chi connectivity index (χ3v) is 3.79. The van der Waals surface area contributed by atoms with E-state index in [-0.39, 0.29) is 0 Å². The first-order valence-electron chi connectivity index (χ1n) is 6.91. The number of carbonyl (C=O) groups is 1. The number of aryl methyl sites for hydroxylation is 1. The van der Waals surface area contributed by atoms with E-state index < -0.39 is 5.97 Å². The molecule has 1 aromatic rings. The molecule has 0 aliphatic carbocycles. The first-order valence-corrected chi connectivity index (χ1v) is 6.91. The van der Waals surface area contributed by atoms with Gasteiger partial charge in [0.2, 0.25) is 0 Å². The molecule has 1 rings (SSSR count). The largest absolute Gasteiger partial charge is 0.478 e. The van der Waals surface area contributed by atoms with Gasteiger partial charge in [0, 0.05) is 17.9 Å². The molecule has 0 spiro atoms. The van der Waals surface area contributed by atoms with Crippen molar-refractivity contribution in [3.05, 3.63) is 23.0 Å². The average Bonchev–Trinajstić information content (AvgIpc) is 2.61. The van der Waals surface area contributed by atoms with Crippen molar-refractivity contribution in [2.24, 2.45) is 5.92 Å². The Morgan fingerprint density at radius 2 is 2.06 bits per heavy atom. The summed E-state index contributed by atoms with van der Waals surface area (Å²) < 4.78 is 2.16. The van der Waals surface area contributed by atoms with Crippen LogP contribution in [0.2, 0.25) is 0 Å². The van der Waals surface area contributed by atoms with E-state index in [1.165, 1.54) is 19.3 Å². The van der Waals surface area contributed by atoms with E-state index >= 15 is 0 Å². The molecule has 0 aliphatic rings. The van der Waals surface area contributed by atoms with Gasteiger partial charge in [-0.25, -0.2) is 4.79 Å². The number of carboxylic acid groups (broad SMARTS) is 1. The van der Waals surface area contributed by atoms with E-state index in [0.717, 1.165) is 24.4 Å². The molecule has 0 aliphatic heterocycles. The van der Waals surface area contributed by atoms with Crippen LogP contribution in [0.25, 0.3) is 0 Å². The van der Waals surface area contributed by atoms with Crippen LogP contribution in [0, 0.1) is 19.8 Å². The highest BCUT2D eigenvalue weighted by Crippen LogP contribution is 2.21. The number of unbranched alkanes of at least 4 members (excludes halogenated alkanes) is 1. The Balaban J connectivity index is 2.86. The monoisotopic (exact) mass is 251 g/mol. The number of rotatable bonds is 7. The van der Waals surface area contributed by atoms with E-state index in [2.05, 4.69) is 18.4 Å². The Labute approximate surface area is 110 Å². The van der Waals surface area contributed by atoms with Crippen LogP contribution in [0.5, 0.6) is 0 Å². The van der Waals surface area contributed by atoms with Crippen LogP contribution in [-0.4, -0.2) is 15.6 Å². The molecule has 0 aromatic carbocycles. The van der Waals surface area contributed by atoms with Gasteiger partial charge in [0.1, 0.15) is 0 Å². The molecule has 0 saturated heterocycles. The number of carboxylic acids is 1. The molecule has 1 unspecified atom stereocenters. The summed E-state index contributed by atoms with van der Waals surface area (Å²) in [5, 5.41) is 9.12. The molecular formula is C15H25NO2. The average molecular weight is 251 g/mol. The number of aromatic carboxylic acids is 1. The lowest BCUT2D eigenvalue weighted by atomic mass is 9.99. The molecule has 3 heteroatoms. The molecule has 0 bridgehead atoms. The molecule has 0 radical (unpaired) electrons. The van der Waals surface area contributed by atoms with Gasteiger partial charge in [-0.2, -0.15) is 0 Å². The number of hydrogen-bond acceptors (Lipinski definition) is 1. The predicted molar refractivity (Wildman–Crippen MR) is 74.2 cm³/mol. The molecule has 1 atom stereocenters. The summed E-state index contributed by atoms with van der Waals surface area (Å²) in [6.45, 7) is 9.27. The molecule has 1 N–H and O–H groups in total. The maximum Gasteiger partial charge on any atom is 0.337 e. The second kappa shape index (κ2) is 6.62. The lowest BCUT2D eigenvalue weighted by molar-refractivity contribution is 0.0696. The van der Waals surface area contributed by atoms with Gasteiger partial charge >= 0.3 is 5.97 Å². The summed E-state index contributed by atoms with van der Waals surface area (Å²) in [5.74, 6) is -0.174. The Morgan fingerprint density at radius 1 is 1.39 bits per heavy atom. The fraction of sp³-hybridized carbons (Fsp3) is 0.667. The van der Waals surface area contributed by atoms with Crippen molar-refractivity contribution < 1.29 is 9.90 Å². The van der Waals surface area contributed by atoms with Crippen LogP contribution in [0.3, 0.4) is 0 Å². The minimum absolute atomic E-state index is 0.442. The van der Waals surface area contributed by atoms with Crippen molar-refractivity contribution in [2.75, 3.05) is 0 Å². The fourth-order valence-electron chi connectivity index (χ4n) is 2.47. The van der Waals surface area contributed by atoms with Crippen LogP contribution in [0.4, 0.5) is 0 Å². The first-order chi connectivity index (χ1) is 8.51. The second-order valence-electron chi connectivity index (χ2n) is 5.12. The Morgan fingerprint density at radius 3 is 2.50 bits per heavy atom. The number of nitrogens with zero attached hydrogens (tertiary/aromatic N) is 1. The standard InChI is InChI=1S/C15H25NO2/c1-5-7-8-13(6-2)10-16-11(3)9-14(12(16)4)15(17)18/h9,13H,5-8,10H2,1-4H3,(H,17,18). The van der Waals surface area contributed by atoms with Crippen LogP contribution in [0.15, 0.2) is 6.07 Å². The fourth-order valence-corrected chi connectivity index (χ4v) is 2.47. The minimum Gasteiger partial charge on any atom is -0.478 e. The third-order valence-electron chi connectivity index (χ3n) is 3.79. The topological polar surface area (TPSA) is 42.2 Å². The molecular weight excluding hydrogens is 226 g/mol. The highest BCUT2D eigenvalue weighted by atomic mass is 16.4. The second-order valence-corrected chi connectivity index (χ2v) is 5.12. The van der Waals surface area contributed by atoms with Gasteiger partial charge in [-0.3, -0.25) is 0 Å². The summed E-state index contributed by atoms with van der Waals surface area (Å²) >= 11 is 0. The van der Waals surface area contributed by atoms with E-state index in [0.29, 0.717) is 11.5 Å². The molecule has 18 heavy (non-hydrogen) atoms. The van der Waals surface area contributed by atoms with Crippen molar-refractivity contribution >= 4 is 5.97 Å². The number of aromatic nitrogens is 1. The predicted octanol–water partition coefficient (Wildman–Crippen LogP) is 4.02. The number of hydrogen-bond donors (Lipinski definition) is 1. The molecule has 0 saturated carbocycles. The Hall–Kier alpha value is -1.25. The van der Waals surface area contributed by atoms with Crippen LogP contribution in [0.1, 0.15) is 61.3 Å². The lowest BCUT2D eigenvalue weighted by Gasteiger charge is -2.18. The van der Waals surface area contributed by atoms with E-state index in [1.807, 2.05) is 13.8 Å². The summed E-state index contributed by atoms with van der Waals surface area (Å²) in [5.41, 5.74) is 2.38. The van der Waals surface area contributed by atoms with Crippen molar-refractivity contribution in [3.63, 3.8) is 0 Å². The molecule has 1 heterocycles. The zero-order chi connectivity index (χ0) is 13.7. The summed E-state index contributed by atoms with van der Waals surface area (Å²) in [4.78, 5) is 11.1. The molecule has 0 fully saturated rings. The van der Waals surface area contributed by atoms with Gasteiger partial charge < -0.3 is 9.67 Å². The summed E-state index contributed by atoms with van der Waals surface area (Å²) in [6.07, 6.45) is 4.86. The van der Waals surface area contributed by atoms with Crippen molar-refractivity contribution in [1.82, 2.24) is 4.57 Å². The summed E-state index contributed by atoms with van der Waals surface area (Å²) in [6, 6.07) is 1.78. The molecule has 102 valence electrons. The van der Waals surface area contributed by atoms with Crippen molar-refractivity contribution in [2.45, 2.75) is 59.9 Å². The zero-order valence-corrected chi connectivity index (χ0v) is 12.0. The Bertz CT molecular complexity index is 407. The Kier molecular flexibility index (Phi) is 5.45. The summed E-state index contributed by atoms with van der Waals surface area (Å²) in [7, 11) is 0.